The highest BCUT2D eigenvalue weighted by atomic mass is 35.5. The zero-order valence-electron chi connectivity index (χ0n) is 12.1. The lowest BCUT2D eigenvalue weighted by Crippen LogP contribution is -2.14. The van der Waals surface area contributed by atoms with Crippen LogP contribution in [0.15, 0.2) is 24.3 Å². The van der Waals surface area contributed by atoms with Crippen LogP contribution in [0.1, 0.15) is 28.4 Å². The molecular formula is C14H9Cl2F2N5O. The molecule has 2 heterocycles. The number of aryl methyl sites for hydroxylation is 1. The van der Waals surface area contributed by atoms with Crippen molar-refractivity contribution in [2.45, 2.75) is 13.3 Å². The van der Waals surface area contributed by atoms with E-state index < -0.39 is 18.0 Å². The van der Waals surface area contributed by atoms with E-state index in [1.165, 1.54) is 18.2 Å². The van der Waals surface area contributed by atoms with E-state index in [0.29, 0.717) is 10.7 Å². The van der Waals surface area contributed by atoms with Crippen LogP contribution >= 0.6 is 23.2 Å². The predicted octanol–water partition coefficient (Wildman–Crippen LogP) is 3.93. The lowest BCUT2D eigenvalue weighted by atomic mass is 10.3. The van der Waals surface area contributed by atoms with E-state index in [2.05, 4.69) is 20.4 Å². The van der Waals surface area contributed by atoms with Crippen LogP contribution in [0.2, 0.25) is 10.0 Å². The Morgan fingerprint density at radius 1 is 1.25 bits per heavy atom. The molecule has 0 fully saturated rings. The Kier molecular flexibility index (Phi) is 4.33. The summed E-state index contributed by atoms with van der Waals surface area (Å²) in [5, 5.41) is 6.91. The van der Waals surface area contributed by atoms with Gasteiger partial charge in [-0.2, -0.15) is 9.50 Å². The SMILES string of the molecule is Cc1cc(C(F)F)n2nc(C(=O)Nc3cc(Cl)ccc3Cl)nc2n1. The van der Waals surface area contributed by atoms with Crippen molar-refractivity contribution in [1.29, 1.82) is 0 Å². The van der Waals surface area contributed by atoms with Gasteiger partial charge < -0.3 is 5.32 Å². The maximum Gasteiger partial charge on any atom is 0.295 e. The second-order valence-electron chi connectivity index (χ2n) is 4.85. The fourth-order valence-corrected chi connectivity index (χ4v) is 2.37. The number of amides is 1. The topological polar surface area (TPSA) is 72.2 Å². The van der Waals surface area contributed by atoms with Crippen LogP contribution in [0, 0.1) is 6.92 Å². The van der Waals surface area contributed by atoms with E-state index in [0.717, 1.165) is 4.52 Å². The first-order chi connectivity index (χ1) is 11.3. The standard InChI is InChI=1S/C14H9Cl2F2N5O/c1-6-4-10(11(17)18)23-14(19-6)21-12(22-23)13(24)20-9-5-7(15)2-3-8(9)16/h2-5,11H,1H3,(H,20,24). The second kappa shape index (κ2) is 6.29. The van der Waals surface area contributed by atoms with Crippen LogP contribution in [-0.2, 0) is 0 Å². The third-order valence-electron chi connectivity index (χ3n) is 3.07. The van der Waals surface area contributed by atoms with Crippen LogP contribution in [0.25, 0.3) is 5.78 Å². The number of nitrogens with one attached hydrogen (secondary N) is 1. The fraction of sp³-hybridized carbons (Fsp3) is 0.143. The van der Waals surface area contributed by atoms with Gasteiger partial charge in [-0.25, -0.2) is 13.8 Å². The summed E-state index contributed by atoms with van der Waals surface area (Å²) in [6, 6.07) is 5.70. The fourth-order valence-electron chi connectivity index (χ4n) is 2.04. The van der Waals surface area contributed by atoms with Crippen molar-refractivity contribution in [1.82, 2.24) is 19.6 Å². The molecule has 3 rings (SSSR count). The first-order valence-electron chi connectivity index (χ1n) is 6.64. The number of alkyl halides is 2. The molecular weight excluding hydrogens is 363 g/mol. The third-order valence-corrected chi connectivity index (χ3v) is 3.64. The van der Waals surface area contributed by atoms with Gasteiger partial charge in [0.15, 0.2) is 0 Å². The number of rotatable bonds is 3. The Bertz CT molecular complexity index is 944. The lowest BCUT2D eigenvalue weighted by molar-refractivity contribution is 0.101. The van der Waals surface area contributed by atoms with Gasteiger partial charge in [0.05, 0.1) is 10.7 Å². The summed E-state index contributed by atoms with van der Waals surface area (Å²) in [5.41, 5.74) is 0.200. The van der Waals surface area contributed by atoms with E-state index in [-0.39, 0.29) is 22.3 Å². The average Bonchev–Trinajstić information content (AvgIpc) is 2.93. The molecule has 124 valence electrons. The smallest absolute Gasteiger partial charge is 0.295 e. The van der Waals surface area contributed by atoms with Crippen molar-refractivity contribution >= 4 is 40.6 Å². The molecule has 0 aliphatic carbocycles. The molecule has 0 saturated carbocycles. The van der Waals surface area contributed by atoms with Crippen LogP contribution in [0.4, 0.5) is 14.5 Å². The number of nitrogens with zero attached hydrogens (tertiary/aromatic N) is 4. The van der Waals surface area contributed by atoms with Crippen molar-refractivity contribution in [2.75, 3.05) is 5.32 Å². The summed E-state index contributed by atoms with van der Waals surface area (Å²) in [4.78, 5) is 20.1. The largest absolute Gasteiger partial charge is 0.318 e. The second-order valence-corrected chi connectivity index (χ2v) is 5.69. The average molecular weight is 372 g/mol. The number of aromatic nitrogens is 4. The minimum Gasteiger partial charge on any atom is -0.318 e. The summed E-state index contributed by atoms with van der Waals surface area (Å²) in [5.74, 6) is -1.12. The molecule has 2 aromatic heterocycles. The minimum absolute atomic E-state index is 0.0901. The first-order valence-corrected chi connectivity index (χ1v) is 7.39. The van der Waals surface area contributed by atoms with Gasteiger partial charge in [-0.15, -0.1) is 5.10 Å². The van der Waals surface area contributed by atoms with E-state index in [4.69, 9.17) is 23.2 Å². The summed E-state index contributed by atoms with van der Waals surface area (Å²) in [7, 11) is 0. The zero-order chi connectivity index (χ0) is 17.4. The van der Waals surface area contributed by atoms with Crippen LogP contribution in [0.5, 0.6) is 0 Å². The maximum absolute atomic E-state index is 13.1. The van der Waals surface area contributed by atoms with Crippen molar-refractivity contribution in [3.05, 3.63) is 51.5 Å². The summed E-state index contributed by atoms with van der Waals surface area (Å²) >= 11 is 11.8. The van der Waals surface area contributed by atoms with Crippen LogP contribution in [0.3, 0.4) is 0 Å². The van der Waals surface area contributed by atoms with Crippen LogP contribution < -0.4 is 5.32 Å². The molecule has 1 N–H and O–H groups in total. The van der Waals surface area contributed by atoms with E-state index in [1.807, 2.05) is 0 Å². The Hall–Kier alpha value is -2.32. The van der Waals surface area contributed by atoms with Crippen molar-refractivity contribution in [3.8, 4) is 0 Å². The molecule has 0 unspecified atom stereocenters. The molecule has 0 aliphatic heterocycles. The molecule has 24 heavy (non-hydrogen) atoms. The number of carbonyl (C=O) groups excluding carboxylic acids is 1. The number of anilines is 1. The number of benzene rings is 1. The Morgan fingerprint density at radius 3 is 2.71 bits per heavy atom. The molecule has 1 aromatic carbocycles. The molecule has 0 atom stereocenters. The van der Waals surface area contributed by atoms with E-state index in [9.17, 15) is 13.6 Å². The number of carbonyl (C=O) groups is 1. The first kappa shape index (κ1) is 16.5. The Labute approximate surface area is 144 Å². The summed E-state index contributed by atoms with van der Waals surface area (Å²) < 4.78 is 27.0. The molecule has 0 saturated heterocycles. The lowest BCUT2D eigenvalue weighted by Gasteiger charge is -2.05. The van der Waals surface area contributed by atoms with Gasteiger partial charge in [0.25, 0.3) is 18.1 Å². The van der Waals surface area contributed by atoms with Crippen molar-refractivity contribution in [3.63, 3.8) is 0 Å². The number of fused-ring (bicyclic) bond motifs is 1. The van der Waals surface area contributed by atoms with Gasteiger partial charge in [-0.05, 0) is 31.2 Å². The molecule has 1 amide bonds. The molecule has 0 aliphatic rings. The highest BCUT2D eigenvalue weighted by Gasteiger charge is 2.20. The Balaban J connectivity index is 1.99. The number of hydrogen-bond acceptors (Lipinski definition) is 4. The summed E-state index contributed by atoms with van der Waals surface area (Å²) in [6.45, 7) is 1.55. The van der Waals surface area contributed by atoms with Gasteiger partial charge in [-0.1, -0.05) is 23.2 Å². The highest BCUT2D eigenvalue weighted by Crippen LogP contribution is 2.26. The van der Waals surface area contributed by atoms with Gasteiger partial charge in [0.1, 0.15) is 5.69 Å². The van der Waals surface area contributed by atoms with Gasteiger partial charge >= 0.3 is 0 Å². The molecule has 0 spiro atoms. The normalized spacial score (nSPS) is 11.2. The van der Waals surface area contributed by atoms with Crippen LogP contribution in [-0.4, -0.2) is 25.5 Å². The Morgan fingerprint density at radius 2 is 2.00 bits per heavy atom. The molecule has 6 nitrogen and oxygen atoms in total. The monoisotopic (exact) mass is 371 g/mol. The molecule has 3 aromatic rings. The number of hydrogen-bond donors (Lipinski definition) is 1. The molecule has 0 bridgehead atoms. The van der Waals surface area contributed by atoms with Crippen molar-refractivity contribution in [2.24, 2.45) is 0 Å². The molecule has 10 heteroatoms. The summed E-state index contributed by atoms with van der Waals surface area (Å²) in [6.07, 6.45) is -2.78. The van der Waals surface area contributed by atoms with Crippen molar-refractivity contribution < 1.29 is 13.6 Å². The maximum atomic E-state index is 13.1. The highest BCUT2D eigenvalue weighted by molar-refractivity contribution is 6.35. The van der Waals surface area contributed by atoms with Gasteiger partial charge in [0, 0.05) is 10.7 Å². The minimum atomic E-state index is -2.78. The quantitative estimate of drug-likeness (QED) is 0.756. The van der Waals surface area contributed by atoms with E-state index >= 15 is 0 Å². The van der Waals surface area contributed by atoms with Gasteiger partial charge in [0.2, 0.25) is 5.82 Å². The van der Waals surface area contributed by atoms with Gasteiger partial charge in [-0.3, -0.25) is 4.79 Å². The van der Waals surface area contributed by atoms with E-state index in [1.54, 1.807) is 13.0 Å². The number of halogens is 4. The molecule has 0 radical (unpaired) electrons. The third kappa shape index (κ3) is 3.15. The zero-order valence-corrected chi connectivity index (χ0v) is 13.6. The predicted molar refractivity (Wildman–Crippen MR) is 84.9 cm³/mol.